The van der Waals surface area contributed by atoms with Crippen molar-refractivity contribution in [2.24, 2.45) is 0 Å². The van der Waals surface area contributed by atoms with E-state index < -0.39 is 0 Å². The molecule has 0 aliphatic heterocycles. The highest BCUT2D eigenvalue weighted by molar-refractivity contribution is 5.56. The Morgan fingerprint density at radius 1 is 0.786 bits per heavy atom. The molecule has 0 fully saturated rings. The monoisotopic (exact) mass is 185 g/mol. The van der Waals surface area contributed by atoms with Crippen molar-refractivity contribution in [3.8, 4) is 11.3 Å². The van der Waals surface area contributed by atoms with Crippen molar-refractivity contribution >= 4 is 0 Å². The smallest absolute Gasteiger partial charge is 0.0900 e. The molecule has 0 saturated carbocycles. The molecule has 2 aromatic heterocycles. The summed E-state index contributed by atoms with van der Waals surface area (Å²) >= 11 is 0. The zero-order valence-corrected chi connectivity index (χ0v) is 8.23. The lowest BCUT2D eigenvalue weighted by molar-refractivity contribution is 1.11. The Balaban J connectivity index is 2.40. The van der Waals surface area contributed by atoms with Crippen molar-refractivity contribution in [1.82, 2.24) is 15.0 Å². The lowest BCUT2D eigenvalue weighted by Crippen LogP contribution is -1.89. The zero-order chi connectivity index (χ0) is 9.97. The predicted molar refractivity (Wildman–Crippen MR) is 54.7 cm³/mol. The van der Waals surface area contributed by atoms with Crippen molar-refractivity contribution in [3.63, 3.8) is 0 Å². The van der Waals surface area contributed by atoms with Gasteiger partial charge in [-0.1, -0.05) is 0 Å². The van der Waals surface area contributed by atoms with Crippen LogP contribution in [0.1, 0.15) is 11.4 Å². The third-order valence-corrected chi connectivity index (χ3v) is 1.99. The number of nitrogens with zero attached hydrogens (tertiary/aromatic N) is 3. The fourth-order valence-corrected chi connectivity index (χ4v) is 1.16. The Hall–Kier alpha value is -1.77. The fourth-order valence-electron chi connectivity index (χ4n) is 1.16. The molecular formula is C11H11N3. The SMILES string of the molecule is Cc1ccc(-c2cnc(C)cn2)cn1. The maximum Gasteiger partial charge on any atom is 0.0900 e. The molecule has 0 aliphatic carbocycles. The normalized spacial score (nSPS) is 10.1. The summed E-state index contributed by atoms with van der Waals surface area (Å²) in [6.45, 7) is 3.88. The average molecular weight is 185 g/mol. The number of pyridine rings is 1. The van der Waals surface area contributed by atoms with Crippen LogP contribution in [0.15, 0.2) is 30.7 Å². The molecule has 70 valence electrons. The maximum atomic E-state index is 4.28. The van der Waals surface area contributed by atoms with Crippen LogP contribution in [0.5, 0.6) is 0 Å². The van der Waals surface area contributed by atoms with Crippen LogP contribution in [0, 0.1) is 13.8 Å². The van der Waals surface area contributed by atoms with Crippen LogP contribution in [0.4, 0.5) is 0 Å². The van der Waals surface area contributed by atoms with Crippen molar-refractivity contribution in [2.45, 2.75) is 13.8 Å². The molecule has 2 rings (SSSR count). The largest absolute Gasteiger partial charge is 0.261 e. The first-order valence-corrected chi connectivity index (χ1v) is 4.47. The fraction of sp³-hybridized carbons (Fsp3) is 0.182. The van der Waals surface area contributed by atoms with Gasteiger partial charge in [-0.3, -0.25) is 15.0 Å². The molecule has 0 N–H and O–H groups in total. The molecule has 3 heteroatoms. The van der Waals surface area contributed by atoms with E-state index in [1.807, 2.05) is 32.2 Å². The molecule has 0 amide bonds. The average Bonchev–Trinajstić information content (AvgIpc) is 2.21. The standard InChI is InChI=1S/C11H11N3/c1-8-3-4-10(6-12-8)11-7-13-9(2)5-14-11/h3-7H,1-2H3. The molecule has 14 heavy (non-hydrogen) atoms. The number of aromatic nitrogens is 3. The van der Waals surface area contributed by atoms with E-state index in [1.165, 1.54) is 0 Å². The molecule has 2 aromatic rings. The summed E-state index contributed by atoms with van der Waals surface area (Å²) in [5.41, 5.74) is 3.80. The molecule has 0 spiro atoms. The van der Waals surface area contributed by atoms with Gasteiger partial charge in [0.25, 0.3) is 0 Å². The van der Waals surface area contributed by atoms with Crippen LogP contribution >= 0.6 is 0 Å². The molecule has 0 atom stereocenters. The van der Waals surface area contributed by atoms with Gasteiger partial charge in [-0.15, -0.1) is 0 Å². The van der Waals surface area contributed by atoms with Crippen LogP contribution in [0.2, 0.25) is 0 Å². The van der Waals surface area contributed by atoms with Gasteiger partial charge >= 0.3 is 0 Å². The van der Waals surface area contributed by atoms with E-state index in [9.17, 15) is 0 Å². The first-order chi connectivity index (χ1) is 6.75. The zero-order valence-electron chi connectivity index (χ0n) is 8.23. The maximum absolute atomic E-state index is 4.28. The molecule has 2 heterocycles. The van der Waals surface area contributed by atoms with Crippen LogP contribution < -0.4 is 0 Å². The topological polar surface area (TPSA) is 38.7 Å². The van der Waals surface area contributed by atoms with Gasteiger partial charge in [0, 0.05) is 23.7 Å². The van der Waals surface area contributed by atoms with E-state index in [2.05, 4.69) is 15.0 Å². The molecule has 0 aliphatic rings. The second-order valence-corrected chi connectivity index (χ2v) is 3.23. The molecule has 0 unspecified atom stereocenters. The van der Waals surface area contributed by atoms with E-state index in [0.29, 0.717) is 0 Å². The van der Waals surface area contributed by atoms with E-state index in [4.69, 9.17) is 0 Å². The van der Waals surface area contributed by atoms with E-state index in [-0.39, 0.29) is 0 Å². The van der Waals surface area contributed by atoms with Crippen LogP contribution in [-0.4, -0.2) is 15.0 Å². The Morgan fingerprint density at radius 3 is 2.14 bits per heavy atom. The second-order valence-electron chi connectivity index (χ2n) is 3.23. The van der Waals surface area contributed by atoms with Crippen LogP contribution in [-0.2, 0) is 0 Å². The van der Waals surface area contributed by atoms with E-state index >= 15 is 0 Å². The van der Waals surface area contributed by atoms with Crippen molar-refractivity contribution < 1.29 is 0 Å². The lowest BCUT2D eigenvalue weighted by Gasteiger charge is -2.00. The highest BCUT2D eigenvalue weighted by Crippen LogP contribution is 2.14. The summed E-state index contributed by atoms with van der Waals surface area (Å²) < 4.78 is 0. The number of aryl methyl sites for hydroxylation is 2. The Kier molecular flexibility index (Phi) is 2.23. The summed E-state index contributed by atoms with van der Waals surface area (Å²) in [6.07, 6.45) is 5.34. The third kappa shape index (κ3) is 1.76. The Morgan fingerprint density at radius 2 is 1.57 bits per heavy atom. The quantitative estimate of drug-likeness (QED) is 0.683. The molecule has 0 bridgehead atoms. The van der Waals surface area contributed by atoms with Crippen LogP contribution in [0.25, 0.3) is 11.3 Å². The highest BCUT2D eigenvalue weighted by Gasteiger charge is 1.98. The van der Waals surface area contributed by atoms with E-state index in [0.717, 1.165) is 22.6 Å². The Labute approximate surface area is 82.9 Å². The first-order valence-electron chi connectivity index (χ1n) is 4.47. The molecule has 0 radical (unpaired) electrons. The minimum atomic E-state index is 0.864. The molecule has 0 aromatic carbocycles. The van der Waals surface area contributed by atoms with Gasteiger partial charge in [0.15, 0.2) is 0 Å². The van der Waals surface area contributed by atoms with Gasteiger partial charge in [0.2, 0.25) is 0 Å². The third-order valence-electron chi connectivity index (χ3n) is 1.99. The second kappa shape index (κ2) is 3.54. The number of hydrogen-bond acceptors (Lipinski definition) is 3. The predicted octanol–water partition coefficient (Wildman–Crippen LogP) is 2.16. The van der Waals surface area contributed by atoms with Gasteiger partial charge in [0.1, 0.15) is 0 Å². The molecule has 0 saturated heterocycles. The Bertz CT molecular complexity index is 374. The first kappa shape index (κ1) is 8.81. The number of rotatable bonds is 1. The molecule has 3 nitrogen and oxygen atoms in total. The summed E-state index contributed by atoms with van der Waals surface area (Å²) in [4.78, 5) is 12.7. The van der Waals surface area contributed by atoms with E-state index in [1.54, 1.807) is 12.4 Å². The number of hydrogen-bond donors (Lipinski definition) is 0. The summed E-state index contributed by atoms with van der Waals surface area (Å²) in [5.74, 6) is 0. The lowest BCUT2D eigenvalue weighted by atomic mass is 10.2. The van der Waals surface area contributed by atoms with Gasteiger partial charge in [-0.2, -0.15) is 0 Å². The van der Waals surface area contributed by atoms with Gasteiger partial charge < -0.3 is 0 Å². The minimum absolute atomic E-state index is 0.864. The van der Waals surface area contributed by atoms with Gasteiger partial charge in [0.05, 0.1) is 17.6 Å². The highest BCUT2D eigenvalue weighted by atomic mass is 14.8. The van der Waals surface area contributed by atoms with Crippen molar-refractivity contribution in [2.75, 3.05) is 0 Å². The van der Waals surface area contributed by atoms with Crippen molar-refractivity contribution in [1.29, 1.82) is 0 Å². The molecular weight excluding hydrogens is 174 g/mol. The summed E-state index contributed by atoms with van der Waals surface area (Å²) in [6, 6.07) is 3.97. The minimum Gasteiger partial charge on any atom is -0.261 e. The van der Waals surface area contributed by atoms with Crippen LogP contribution in [0.3, 0.4) is 0 Å². The summed E-state index contributed by atoms with van der Waals surface area (Å²) in [5, 5.41) is 0. The van der Waals surface area contributed by atoms with Gasteiger partial charge in [-0.25, -0.2) is 0 Å². The van der Waals surface area contributed by atoms with Gasteiger partial charge in [-0.05, 0) is 26.0 Å². The summed E-state index contributed by atoms with van der Waals surface area (Å²) in [7, 11) is 0. The van der Waals surface area contributed by atoms with Crippen molar-refractivity contribution in [3.05, 3.63) is 42.1 Å².